The van der Waals surface area contributed by atoms with Crippen LogP contribution in [-0.2, 0) is 16.8 Å². The highest BCUT2D eigenvalue weighted by atomic mass is 32.1. The molecule has 0 saturated carbocycles. The fraction of sp³-hybridized carbons (Fsp3) is 0.600. The summed E-state index contributed by atoms with van der Waals surface area (Å²) in [5, 5.41) is 3.67. The summed E-state index contributed by atoms with van der Waals surface area (Å²) in [6.07, 6.45) is 3.64. The summed E-state index contributed by atoms with van der Waals surface area (Å²) < 4.78 is 5.79. The van der Waals surface area contributed by atoms with Gasteiger partial charge in [-0.3, -0.25) is 9.69 Å². The van der Waals surface area contributed by atoms with Gasteiger partial charge in [-0.15, -0.1) is 11.3 Å². The zero-order chi connectivity index (χ0) is 22.4. The number of benzene rings is 1. The molecule has 0 unspecified atom stereocenters. The van der Waals surface area contributed by atoms with E-state index in [1.165, 1.54) is 23.3 Å². The molecule has 170 valence electrons. The number of ether oxygens (including phenoxy) is 1. The first kappa shape index (κ1) is 23.7. The van der Waals surface area contributed by atoms with Gasteiger partial charge in [0.15, 0.2) is 5.13 Å². The summed E-state index contributed by atoms with van der Waals surface area (Å²) >= 11 is 1.61. The summed E-state index contributed by atoms with van der Waals surface area (Å²) in [5.74, 6) is 1.68. The first-order chi connectivity index (χ1) is 14.7. The Balaban J connectivity index is 1.39. The van der Waals surface area contributed by atoms with Crippen molar-refractivity contribution >= 4 is 22.4 Å². The number of amides is 1. The smallest absolute Gasteiger partial charge is 0.226 e. The molecule has 0 spiro atoms. The molecule has 1 fully saturated rings. The fourth-order valence-corrected chi connectivity index (χ4v) is 4.73. The summed E-state index contributed by atoms with van der Waals surface area (Å²) in [4.78, 5) is 20.6. The number of hydrogen-bond donors (Lipinski definition) is 1. The van der Waals surface area contributed by atoms with Gasteiger partial charge in [0.05, 0.1) is 12.3 Å². The number of rotatable bonds is 8. The number of anilines is 1. The molecule has 0 aliphatic carbocycles. The van der Waals surface area contributed by atoms with Gasteiger partial charge in [0.25, 0.3) is 0 Å². The number of thiazole rings is 1. The number of piperidine rings is 1. The zero-order valence-electron chi connectivity index (χ0n) is 19.7. The third kappa shape index (κ3) is 7.32. The van der Waals surface area contributed by atoms with Crippen molar-refractivity contribution in [2.24, 2.45) is 5.92 Å². The Bertz CT molecular complexity index is 847. The van der Waals surface area contributed by atoms with Crippen LogP contribution in [0.4, 0.5) is 5.13 Å². The molecule has 1 aliphatic rings. The maximum absolute atomic E-state index is 12.3. The molecule has 1 N–H and O–H groups in total. The van der Waals surface area contributed by atoms with E-state index in [9.17, 15) is 4.79 Å². The highest BCUT2D eigenvalue weighted by Crippen LogP contribution is 2.27. The van der Waals surface area contributed by atoms with E-state index in [2.05, 4.69) is 55.0 Å². The molecule has 6 heteroatoms. The van der Waals surface area contributed by atoms with Crippen molar-refractivity contribution < 1.29 is 9.53 Å². The van der Waals surface area contributed by atoms with E-state index >= 15 is 0 Å². The van der Waals surface area contributed by atoms with Crippen LogP contribution in [0.3, 0.4) is 0 Å². The Morgan fingerprint density at radius 2 is 1.90 bits per heavy atom. The van der Waals surface area contributed by atoms with E-state index in [0.29, 0.717) is 24.6 Å². The van der Waals surface area contributed by atoms with Gasteiger partial charge in [-0.25, -0.2) is 4.98 Å². The van der Waals surface area contributed by atoms with E-state index < -0.39 is 0 Å². The molecular formula is C25H37N3O2S. The van der Waals surface area contributed by atoms with Gasteiger partial charge in [-0.05, 0) is 68.3 Å². The van der Waals surface area contributed by atoms with E-state index in [1.807, 2.05) is 19.1 Å². The first-order valence-electron chi connectivity index (χ1n) is 11.4. The molecular weight excluding hydrogens is 406 g/mol. The van der Waals surface area contributed by atoms with Gasteiger partial charge < -0.3 is 10.1 Å². The Kier molecular flexibility index (Phi) is 8.11. The topological polar surface area (TPSA) is 54.5 Å². The van der Waals surface area contributed by atoms with Crippen LogP contribution >= 0.6 is 11.3 Å². The van der Waals surface area contributed by atoms with Crippen LogP contribution in [0, 0.1) is 12.8 Å². The van der Waals surface area contributed by atoms with Crippen molar-refractivity contribution in [2.45, 2.75) is 72.3 Å². The molecule has 31 heavy (non-hydrogen) atoms. The van der Waals surface area contributed by atoms with Gasteiger partial charge in [-0.1, -0.05) is 39.8 Å². The van der Waals surface area contributed by atoms with Crippen molar-refractivity contribution in [3.8, 4) is 5.75 Å². The summed E-state index contributed by atoms with van der Waals surface area (Å²) in [7, 11) is 0. The quantitative estimate of drug-likeness (QED) is 0.526. The number of hydrogen-bond acceptors (Lipinski definition) is 5. The van der Waals surface area contributed by atoms with Crippen LogP contribution in [-0.4, -0.2) is 35.5 Å². The molecule has 1 aromatic heterocycles. The molecule has 2 heterocycles. The Labute approximate surface area is 191 Å². The lowest BCUT2D eigenvalue weighted by atomic mass is 9.87. The van der Waals surface area contributed by atoms with Gasteiger partial charge in [-0.2, -0.15) is 0 Å². The number of nitrogens with one attached hydrogen (secondary N) is 1. The second-order valence-electron chi connectivity index (χ2n) is 9.76. The van der Waals surface area contributed by atoms with Crippen LogP contribution in [0.25, 0.3) is 0 Å². The van der Waals surface area contributed by atoms with E-state index in [-0.39, 0.29) is 11.3 Å². The number of carbonyl (C=O) groups excluding carboxylic acids is 1. The van der Waals surface area contributed by atoms with Crippen LogP contribution in [0.2, 0.25) is 0 Å². The van der Waals surface area contributed by atoms with Gasteiger partial charge in [0, 0.05) is 17.8 Å². The molecule has 0 bridgehead atoms. The minimum Gasteiger partial charge on any atom is -0.494 e. The minimum absolute atomic E-state index is 0.00113. The van der Waals surface area contributed by atoms with Crippen LogP contribution in [0.15, 0.2) is 24.3 Å². The Morgan fingerprint density at radius 1 is 1.23 bits per heavy atom. The van der Waals surface area contributed by atoms with Gasteiger partial charge >= 0.3 is 0 Å². The molecule has 1 saturated heterocycles. The highest BCUT2D eigenvalue weighted by molar-refractivity contribution is 7.15. The predicted molar refractivity (Wildman–Crippen MR) is 129 cm³/mol. The molecule has 3 rings (SSSR count). The van der Waals surface area contributed by atoms with Crippen molar-refractivity contribution in [3.63, 3.8) is 0 Å². The third-order valence-electron chi connectivity index (χ3n) is 5.92. The number of likely N-dealkylation sites (tertiary alicyclic amines) is 1. The maximum atomic E-state index is 12.3. The molecule has 2 aromatic rings. The molecule has 0 radical (unpaired) electrons. The van der Waals surface area contributed by atoms with Crippen LogP contribution < -0.4 is 10.1 Å². The average Bonchev–Trinajstić information content (AvgIpc) is 3.05. The van der Waals surface area contributed by atoms with Crippen LogP contribution in [0.5, 0.6) is 5.75 Å². The number of aromatic nitrogens is 1. The Morgan fingerprint density at radius 3 is 2.55 bits per heavy atom. The zero-order valence-corrected chi connectivity index (χ0v) is 20.5. The third-order valence-corrected chi connectivity index (χ3v) is 6.98. The molecule has 0 atom stereocenters. The average molecular weight is 444 g/mol. The lowest BCUT2D eigenvalue weighted by molar-refractivity contribution is -0.116. The minimum atomic E-state index is -0.00113. The predicted octanol–water partition coefficient (Wildman–Crippen LogP) is 5.78. The standard InChI is InChI=1S/C25H37N3O2S/c1-18-12-14-28(15-13-18)17-22-19(2)26-24(31-22)27-23(29)7-6-16-30-21-10-8-20(9-11-21)25(3,4)5/h8-11,18H,6-7,12-17H2,1-5H3,(H,26,27,29). The fourth-order valence-electron chi connectivity index (χ4n) is 3.71. The normalized spacial score (nSPS) is 15.8. The van der Waals surface area contributed by atoms with Crippen molar-refractivity contribution in [1.82, 2.24) is 9.88 Å². The largest absolute Gasteiger partial charge is 0.494 e. The maximum Gasteiger partial charge on any atom is 0.226 e. The lowest BCUT2D eigenvalue weighted by Crippen LogP contribution is -2.32. The summed E-state index contributed by atoms with van der Waals surface area (Å²) in [6, 6.07) is 8.22. The van der Waals surface area contributed by atoms with Crippen molar-refractivity contribution in [3.05, 3.63) is 40.4 Å². The van der Waals surface area contributed by atoms with Crippen molar-refractivity contribution in [2.75, 3.05) is 25.0 Å². The highest BCUT2D eigenvalue weighted by Gasteiger charge is 2.18. The first-order valence-corrected chi connectivity index (χ1v) is 12.2. The molecule has 1 aliphatic heterocycles. The lowest BCUT2D eigenvalue weighted by Gasteiger charge is -2.29. The second-order valence-corrected chi connectivity index (χ2v) is 10.8. The second kappa shape index (κ2) is 10.6. The monoisotopic (exact) mass is 443 g/mol. The SMILES string of the molecule is Cc1nc(NC(=O)CCCOc2ccc(C(C)(C)C)cc2)sc1CN1CCC(C)CC1. The summed E-state index contributed by atoms with van der Waals surface area (Å²) in [5.41, 5.74) is 2.45. The van der Waals surface area contributed by atoms with E-state index in [1.54, 1.807) is 11.3 Å². The van der Waals surface area contributed by atoms with E-state index in [0.717, 1.165) is 37.0 Å². The molecule has 1 amide bonds. The van der Waals surface area contributed by atoms with Crippen molar-refractivity contribution in [1.29, 1.82) is 0 Å². The molecule has 5 nitrogen and oxygen atoms in total. The van der Waals surface area contributed by atoms with E-state index in [4.69, 9.17) is 4.74 Å². The Hall–Kier alpha value is -1.92. The van der Waals surface area contributed by atoms with Gasteiger partial charge in [0.1, 0.15) is 5.75 Å². The van der Waals surface area contributed by atoms with Crippen LogP contribution in [0.1, 0.15) is 69.5 Å². The number of aryl methyl sites for hydroxylation is 1. The molecule has 1 aromatic carbocycles. The summed E-state index contributed by atoms with van der Waals surface area (Å²) in [6.45, 7) is 14.7. The number of nitrogens with zero attached hydrogens (tertiary/aromatic N) is 2. The number of carbonyl (C=O) groups is 1. The van der Waals surface area contributed by atoms with Gasteiger partial charge in [0.2, 0.25) is 5.91 Å².